The minimum atomic E-state index is 0.150. The number of nitrogens with zero attached hydrogens (tertiary/aromatic N) is 4. The van der Waals surface area contributed by atoms with E-state index in [0.717, 1.165) is 37.2 Å². The molecule has 1 aromatic heterocycles. The number of piperidine rings is 1. The van der Waals surface area contributed by atoms with Crippen molar-refractivity contribution >= 4 is 17.7 Å². The molecule has 0 N–H and O–H groups in total. The Labute approximate surface area is 192 Å². The zero-order valence-corrected chi connectivity index (χ0v) is 19.5. The molecule has 1 aliphatic heterocycles. The molecule has 2 aromatic carbocycles. The van der Waals surface area contributed by atoms with Gasteiger partial charge in [0.15, 0.2) is 22.5 Å². The molecule has 0 saturated carbocycles. The third-order valence-electron chi connectivity index (χ3n) is 5.75. The molecule has 0 spiro atoms. The number of carbonyl (C=O) groups is 1. The number of methoxy groups -OCH3 is 2. The monoisotopic (exact) mass is 452 g/mol. The average molecular weight is 453 g/mol. The Morgan fingerprint density at radius 2 is 1.75 bits per heavy atom. The van der Waals surface area contributed by atoms with E-state index in [4.69, 9.17) is 9.47 Å². The van der Waals surface area contributed by atoms with Gasteiger partial charge in [0, 0.05) is 24.3 Å². The molecule has 2 heterocycles. The van der Waals surface area contributed by atoms with Crippen molar-refractivity contribution in [3.8, 4) is 28.6 Å². The van der Waals surface area contributed by atoms with Crippen LogP contribution in [0.3, 0.4) is 0 Å². The number of likely N-dealkylation sites (tertiary alicyclic amines) is 1. The number of thioether (sulfide) groups is 1. The second kappa shape index (κ2) is 10.1. The molecule has 1 aliphatic rings. The Kier molecular flexibility index (Phi) is 6.99. The normalized spacial score (nSPS) is 14.4. The van der Waals surface area contributed by atoms with Crippen molar-refractivity contribution in [2.45, 2.75) is 24.9 Å². The van der Waals surface area contributed by atoms with Gasteiger partial charge in [0.2, 0.25) is 5.91 Å². The first-order valence-electron chi connectivity index (χ1n) is 10.7. The van der Waals surface area contributed by atoms with Gasteiger partial charge >= 0.3 is 0 Å². The largest absolute Gasteiger partial charge is 0.493 e. The molecule has 0 radical (unpaired) electrons. The van der Waals surface area contributed by atoms with Crippen molar-refractivity contribution in [3.63, 3.8) is 0 Å². The van der Waals surface area contributed by atoms with Gasteiger partial charge in [-0.15, -0.1) is 10.2 Å². The number of para-hydroxylation sites is 1. The molecule has 1 amide bonds. The van der Waals surface area contributed by atoms with Crippen molar-refractivity contribution in [2.24, 2.45) is 5.92 Å². The van der Waals surface area contributed by atoms with Gasteiger partial charge in [0.05, 0.1) is 20.0 Å². The summed E-state index contributed by atoms with van der Waals surface area (Å²) in [6, 6.07) is 15.6. The lowest BCUT2D eigenvalue weighted by Crippen LogP contribution is -2.38. The van der Waals surface area contributed by atoms with E-state index in [9.17, 15) is 4.79 Å². The molecule has 3 aromatic rings. The highest BCUT2D eigenvalue weighted by atomic mass is 32.2. The lowest BCUT2D eigenvalue weighted by atomic mass is 9.99. The van der Waals surface area contributed by atoms with E-state index in [1.165, 1.54) is 11.8 Å². The summed E-state index contributed by atoms with van der Waals surface area (Å²) in [5, 5.41) is 9.57. The lowest BCUT2D eigenvalue weighted by Gasteiger charge is -2.30. The molecule has 8 heteroatoms. The van der Waals surface area contributed by atoms with Crippen LogP contribution in [0.5, 0.6) is 11.5 Å². The number of benzene rings is 2. The molecule has 0 atom stereocenters. The Morgan fingerprint density at radius 3 is 2.44 bits per heavy atom. The van der Waals surface area contributed by atoms with Crippen LogP contribution in [-0.4, -0.2) is 58.6 Å². The highest BCUT2D eigenvalue weighted by molar-refractivity contribution is 7.99. The molecule has 1 saturated heterocycles. The quantitative estimate of drug-likeness (QED) is 0.498. The van der Waals surface area contributed by atoms with E-state index in [2.05, 4.69) is 17.1 Å². The smallest absolute Gasteiger partial charge is 0.233 e. The second-order valence-electron chi connectivity index (χ2n) is 7.90. The van der Waals surface area contributed by atoms with Crippen LogP contribution >= 0.6 is 11.8 Å². The van der Waals surface area contributed by atoms with Crippen LogP contribution in [0, 0.1) is 5.92 Å². The van der Waals surface area contributed by atoms with Crippen LogP contribution in [-0.2, 0) is 4.79 Å². The van der Waals surface area contributed by atoms with Gasteiger partial charge in [-0.05, 0) is 49.1 Å². The minimum absolute atomic E-state index is 0.150. The van der Waals surface area contributed by atoms with E-state index in [-0.39, 0.29) is 5.91 Å². The number of aromatic nitrogens is 3. The topological polar surface area (TPSA) is 69.5 Å². The molecule has 0 aliphatic carbocycles. The SMILES string of the molecule is COc1ccc(-c2nnc(SCC(=O)N3CCC(C)CC3)n2-c2ccccc2)cc1OC. The fourth-order valence-corrected chi connectivity index (χ4v) is 4.67. The van der Waals surface area contributed by atoms with Crippen molar-refractivity contribution in [1.29, 1.82) is 0 Å². The number of rotatable bonds is 7. The van der Waals surface area contributed by atoms with E-state index in [0.29, 0.717) is 34.2 Å². The predicted octanol–water partition coefficient (Wildman–Crippen LogP) is 4.30. The average Bonchev–Trinajstić information content (AvgIpc) is 3.27. The Bertz CT molecular complexity index is 1060. The summed E-state index contributed by atoms with van der Waals surface area (Å²) in [5.74, 6) is 3.13. The van der Waals surface area contributed by atoms with Crippen LogP contribution < -0.4 is 9.47 Å². The Morgan fingerprint density at radius 1 is 1.03 bits per heavy atom. The highest BCUT2D eigenvalue weighted by Gasteiger charge is 2.23. The van der Waals surface area contributed by atoms with E-state index in [1.807, 2.05) is 58.0 Å². The molecule has 0 bridgehead atoms. The predicted molar refractivity (Wildman–Crippen MR) is 126 cm³/mol. The first-order valence-corrected chi connectivity index (χ1v) is 11.7. The summed E-state index contributed by atoms with van der Waals surface area (Å²) in [6.07, 6.45) is 2.14. The van der Waals surface area contributed by atoms with Crippen LogP contribution in [0.1, 0.15) is 19.8 Å². The molecule has 7 nitrogen and oxygen atoms in total. The first-order chi connectivity index (χ1) is 15.6. The Hall–Kier alpha value is -3.00. The summed E-state index contributed by atoms with van der Waals surface area (Å²) in [6.45, 7) is 3.92. The summed E-state index contributed by atoms with van der Waals surface area (Å²) in [7, 11) is 3.22. The van der Waals surface area contributed by atoms with Gasteiger partial charge in [-0.2, -0.15) is 0 Å². The standard InChI is InChI=1S/C24H28N4O3S/c1-17-11-13-27(14-12-17)22(29)16-32-24-26-25-23(28(24)19-7-5-4-6-8-19)18-9-10-20(30-2)21(15-18)31-3/h4-10,15,17H,11-14,16H2,1-3H3. The highest BCUT2D eigenvalue weighted by Crippen LogP contribution is 2.34. The third kappa shape index (κ3) is 4.75. The van der Waals surface area contributed by atoms with Gasteiger partial charge in [-0.25, -0.2) is 0 Å². The van der Waals surface area contributed by atoms with Crippen LogP contribution in [0.4, 0.5) is 0 Å². The van der Waals surface area contributed by atoms with Crippen molar-refractivity contribution in [3.05, 3.63) is 48.5 Å². The Balaban J connectivity index is 1.63. The van der Waals surface area contributed by atoms with Gasteiger partial charge in [-0.3, -0.25) is 9.36 Å². The van der Waals surface area contributed by atoms with E-state index >= 15 is 0 Å². The van der Waals surface area contributed by atoms with E-state index in [1.54, 1.807) is 14.2 Å². The molecule has 1 fully saturated rings. The molecule has 0 unspecified atom stereocenters. The number of hydrogen-bond acceptors (Lipinski definition) is 6. The summed E-state index contributed by atoms with van der Waals surface area (Å²) >= 11 is 1.42. The molecule has 168 valence electrons. The van der Waals surface area contributed by atoms with Crippen LogP contribution in [0.2, 0.25) is 0 Å². The molecular formula is C24H28N4O3S. The fourth-order valence-electron chi connectivity index (χ4n) is 3.81. The maximum Gasteiger partial charge on any atom is 0.233 e. The number of carbonyl (C=O) groups excluding carboxylic acids is 1. The van der Waals surface area contributed by atoms with Crippen LogP contribution in [0.25, 0.3) is 17.1 Å². The summed E-state index contributed by atoms with van der Waals surface area (Å²) < 4.78 is 12.8. The van der Waals surface area contributed by atoms with Gasteiger partial charge < -0.3 is 14.4 Å². The third-order valence-corrected chi connectivity index (χ3v) is 6.66. The van der Waals surface area contributed by atoms with Crippen LogP contribution in [0.15, 0.2) is 53.7 Å². The zero-order chi connectivity index (χ0) is 22.5. The second-order valence-corrected chi connectivity index (χ2v) is 8.84. The van der Waals surface area contributed by atoms with Gasteiger partial charge in [-0.1, -0.05) is 36.9 Å². The van der Waals surface area contributed by atoms with Gasteiger partial charge in [0.1, 0.15) is 0 Å². The van der Waals surface area contributed by atoms with Gasteiger partial charge in [0.25, 0.3) is 0 Å². The number of ether oxygens (including phenoxy) is 2. The molecule has 4 rings (SSSR count). The maximum absolute atomic E-state index is 12.8. The van der Waals surface area contributed by atoms with Crippen molar-refractivity contribution < 1.29 is 14.3 Å². The molecule has 32 heavy (non-hydrogen) atoms. The van der Waals surface area contributed by atoms with Crippen molar-refractivity contribution in [2.75, 3.05) is 33.1 Å². The number of amides is 1. The number of hydrogen-bond donors (Lipinski definition) is 0. The summed E-state index contributed by atoms with van der Waals surface area (Å²) in [5.41, 5.74) is 1.78. The lowest BCUT2D eigenvalue weighted by molar-refractivity contribution is -0.129. The van der Waals surface area contributed by atoms with Crippen molar-refractivity contribution in [1.82, 2.24) is 19.7 Å². The minimum Gasteiger partial charge on any atom is -0.493 e. The molecular weight excluding hydrogens is 424 g/mol. The first kappa shape index (κ1) is 22.2. The fraction of sp³-hybridized carbons (Fsp3) is 0.375. The maximum atomic E-state index is 12.8. The zero-order valence-electron chi connectivity index (χ0n) is 18.7. The van der Waals surface area contributed by atoms with E-state index < -0.39 is 0 Å². The summed E-state index contributed by atoms with van der Waals surface area (Å²) in [4.78, 5) is 14.7.